The van der Waals surface area contributed by atoms with Crippen LogP contribution in [0.1, 0.15) is 23.8 Å². The zero-order valence-corrected chi connectivity index (χ0v) is 16.2. The number of hydrogen-bond acceptors (Lipinski definition) is 7. The van der Waals surface area contributed by atoms with Crippen molar-refractivity contribution in [2.24, 2.45) is 0 Å². The molecule has 1 amide bonds. The van der Waals surface area contributed by atoms with E-state index in [1.807, 2.05) is 37.3 Å². The van der Waals surface area contributed by atoms with Crippen molar-refractivity contribution in [3.05, 3.63) is 53.5 Å². The van der Waals surface area contributed by atoms with Gasteiger partial charge in [-0.05, 0) is 36.6 Å². The Balaban J connectivity index is 1.50. The molecule has 0 saturated heterocycles. The Hall–Kier alpha value is -2.32. The first kappa shape index (κ1) is 18.5. The average molecular weight is 389 g/mol. The van der Waals surface area contributed by atoms with Crippen molar-refractivity contribution in [3.63, 3.8) is 0 Å². The van der Waals surface area contributed by atoms with Crippen molar-refractivity contribution in [1.82, 2.24) is 10.2 Å². The van der Waals surface area contributed by atoms with E-state index in [9.17, 15) is 4.79 Å². The van der Waals surface area contributed by atoms with E-state index in [0.29, 0.717) is 17.4 Å². The van der Waals surface area contributed by atoms with Crippen LogP contribution in [0.3, 0.4) is 0 Å². The van der Waals surface area contributed by atoms with Crippen molar-refractivity contribution in [2.75, 3.05) is 16.4 Å². The summed E-state index contributed by atoms with van der Waals surface area (Å²) >= 11 is 2.80. The SMILES string of the molecule is CCc1cccc(C)c1NC(=O)CSc1nnc(NCc2ccco2)s1. The third-order valence-electron chi connectivity index (χ3n) is 3.73. The Morgan fingerprint density at radius 1 is 1.27 bits per heavy atom. The zero-order chi connectivity index (χ0) is 18.4. The highest BCUT2D eigenvalue weighted by atomic mass is 32.2. The summed E-state index contributed by atoms with van der Waals surface area (Å²) in [6.45, 7) is 4.64. The van der Waals surface area contributed by atoms with Gasteiger partial charge in [-0.1, -0.05) is 48.2 Å². The van der Waals surface area contributed by atoms with Crippen LogP contribution in [-0.4, -0.2) is 21.9 Å². The molecule has 2 N–H and O–H groups in total. The summed E-state index contributed by atoms with van der Waals surface area (Å²) in [5.41, 5.74) is 3.13. The summed E-state index contributed by atoms with van der Waals surface area (Å²) in [6, 6.07) is 9.79. The van der Waals surface area contributed by atoms with E-state index >= 15 is 0 Å². The number of benzene rings is 1. The smallest absolute Gasteiger partial charge is 0.234 e. The number of hydrogen-bond donors (Lipinski definition) is 2. The van der Waals surface area contributed by atoms with Gasteiger partial charge in [0, 0.05) is 5.69 Å². The van der Waals surface area contributed by atoms with Crippen molar-refractivity contribution in [2.45, 2.75) is 31.2 Å². The summed E-state index contributed by atoms with van der Waals surface area (Å²) in [6.07, 6.45) is 2.51. The molecule has 2 aromatic heterocycles. The lowest BCUT2D eigenvalue weighted by molar-refractivity contribution is -0.113. The first-order valence-electron chi connectivity index (χ1n) is 8.26. The molecule has 0 fully saturated rings. The van der Waals surface area contributed by atoms with Crippen LogP contribution in [0, 0.1) is 6.92 Å². The molecule has 3 rings (SSSR count). The van der Waals surface area contributed by atoms with Gasteiger partial charge in [-0.25, -0.2) is 0 Å². The molecule has 0 aliphatic heterocycles. The lowest BCUT2D eigenvalue weighted by atomic mass is 10.1. The van der Waals surface area contributed by atoms with Gasteiger partial charge in [0.25, 0.3) is 0 Å². The third-order valence-corrected chi connectivity index (χ3v) is 5.75. The van der Waals surface area contributed by atoms with E-state index in [0.717, 1.165) is 33.3 Å². The number of carbonyl (C=O) groups is 1. The molecular formula is C18H20N4O2S2. The topological polar surface area (TPSA) is 80.0 Å². The van der Waals surface area contributed by atoms with Gasteiger partial charge in [0.15, 0.2) is 4.34 Å². The maximum absolute atomic E-state index is 12.3. The largest absolute Gasteiger partial charge is 0.467 e. The summed E-state index contributed by atoms with van der Waals surface area (Å²) in [5.74, 6) is 1.09. The second-order valence-corrected chi connectivity index (χ2v) is 7.81. The highest BCUT2D eigenvalue weighted by Crippen LogP contribution is 2.27. The van der Waals surface area contributed by atoms with E-state index < -0.39 is 0 Å². The number of aromatic nitrogens is 2. The van der Waals surface area contributed by atoms with Crippen LogP contribution in [0.25, 0.3) is 0 Å². The van der Waals surface area contributed by atoms with Crippen molar-refractivity contribution < 1.29 is 9.21 Å². The fraction of sp³-hybridized carbons (Fsp3) is 0.278. The van der Waals surface area contributed by atoms with Crippen LogP contribution in [-0.2, 0) is 17.8 Å². The molecule has 0 spiro atoms. The number of aryl methyl sites for hydroxylation is 2. The summed E-state index contributed by atoms with van der Waals surface area (Å²) in [7, 11) is 0. The Bertz CT molecular complexity index is 862. The van der Waals surface area contributed by atoms with Gasteiger partial charge in [0.05, 0.1) is 18.6 Å². The quantitative estimate of drug-likeness (QED) is 0.559. The molecule has 1 aromatic carbocycles. The molecule has 0 bridgehead atoms. The van der Waals surface area contributed by atoms with Crippen molar-refractivity contribution in [1.29, 1.82) is 0 Å². The second kappa shape index (κ2) is 8.86. The van der Waals surface area contributed by atoms with Gasteiger partial charge >= 0.3 is 0 Å². The standard InChI is InChI=1S/C18H20N4O2S2/c1-3-13-7-4-6-12(2)16(13)20-15(23)11-25-18-22-21-17(26-18)19-10-14-8-5-9-24-14/h4-9H,3,10-11H2,1-2H3,(H,19,21)(H,20,23). The van der Waals surface area contributed by atoms with Crippen LogP contribution in [0.4, 0.5) is 10.8 Å². The summed E-state index contributed by atoms with van der Waals surface area (Å²) in [5, 5.41) is 15.1. The molecule has 136 valence electrons. The molecule has 6 nitrogen and oxygen atoms in total. The van der Waals surface area contributed by atoms with Gasteiger partial charge < -0.3 is 15.1 Å². The van der Waals surface area contributed by atoms with Gasteiger partial charge in [-0.2, -0.15) is 0 Å². The zero-order valence-electron chi connectivity index (χ0n) is 14.6. The van der Waals surface area contributed by atoms with Gasteiger partial charge in [-0.15, -0.1) is 10.2 Å². The highest BCUT2D eigenvalue weighted by Gasteiger charge is 2.11. The molecule has 3 aromatic rings. The number of anilines is 2. The number of carbonyl (C=O) groups excluding carboxylic acids is 1. The van der Waals surface area contributed by atoms with Crippen LogP contribution in [0.15, 0.2) is 45.4 Å². The van der Waals surface area contributed by atoms with Gasteiger partial charge in [0.1, 0.15) is 5.76 Å². The molecule has 0 aliphatic rings. The summed E-state index contributed by atoms with van der Waals surface area (Å²) < 4.78 is 6.01. The van der Waals surface area contributed by atoms with E-state index in [1.165, 1.54) is 23.1 Å². The molecule has 0 aliphatic carbocycles. The molecule has 0 saturated carbocycles. The minimum absolute atomic E-state index is 0.0423. The third kappa shape index (κ3) is 4.86. The van der Waals surface area contributed by atoms with Gasteiger partial charge in [0.2, 0.25) is 11.0 Å². The lowest BCUT2D eigenvalue weighted by Crippen LogP contribution is -2.16. The number of thioether (sulfide) groups is 1. The molecular weight excluding hydrogens is 368 g/mol. The van der Waals surface area contributed by atoms with Crippen LogP contribution in [0.5, 0.6) is 0 Å². The maximum atomic E-state index is 12.3. The summed E-state index contributed by atoms with van der Waals surface area (Å²) in [4.78, 5) is 12.3. The van der Waals surface area contributed by atoms with Crippen molar-refractivity contribution >= 4 is 39.8 Å². The molecule has 26 heavy (non-hydrogen) atoms. The fourth-order valence-corrected chi connectivity index (χ4v) is 3.97. The molecule has 2 heterocycles. The molecule has 8 heteroatoms. The number of amides is 1. The number of rotatable bonds is 8. The molecule has 0 atom stereocenters. The van der Waals surface area contributed by atoms with E-state index in [1.54, 1.807) is 6.26 Å². The Kier molecular flexibility index (Phi) is 6.30. The monoisotopic (exact) mass is 388 g/mol. The van der Waals surface area contributed by atoms with E-state index in [-0.39, 0.29) is 5.91 Å². The lowest BCUT2D eigenvalue weighted by Gasteiger charge is -2.12. The van der Waals surface area contributed by atoms with Crippen LogP contribution >= 0.6 is 23.1 Å². The maximum Gasteiger partial charge on any atom is 0.234 e. The minimum atomic E-state index is -0.0423. The first-order chi connectivity index (χ1) is 12.7. The Morgan fingerprint density at radius 3 is 2.92 bits per heavy atom. The highest BCUT2D eigenvalue weighted by molar-refractivity contribution is 8.01. The second-order valence-electron chi connectivity index (χ2n) is 5.61. The predicted molar refractivity (Wildman–Crippen MR) is 106 cm³/mol. The fourth-order valence-electron chi connectivity index (χ4n) is 2.42. The Morgan fingerprint density at radius 2 is 2.15 bits per heavy atom. The first-order valence-corrected chi connectivity index (χ1v) is 10.1. The number of furan rings is 1. The number of para-hydroxylation sites is 1. The van der Waals surface area contributed by atoms with E-state index in [4.69, 9.17) is 4.42 Å². The van der Waals surface area contributed by atoms with Crippen LogP contribution in [0.2, 0.25) is 0 Å². The normalized spacial score (nSPS) is 10.7. The number of nitrogens with zero attached hydrogens (tertiary/aromatic N) is 2. The van der Waals surface area contributed by atoms with Crippen molar-refractivity contribution in [3.8, 4) is 0 Å². The predicted octanol–water partition coefficient (Wildman–Crippen LogP) is 4.34. The van der Waals surface area contributed by atoms with Crippen LogP contribution < -0.4 is 10.6 Å². The van der Waals surface area contributed by atoms with E-state index in [2.05, 4.69) is 27.8 Å². The minimum Gasteiger partial charge on any atom is -0.467 e. The molecule has 0 unspecified atom stereocenters. The number of nitrogens with one attached hydrogen (secondary N) is 2. The molecule has 0 radical (unpaired) electrons. The van der Waals surface area contributed by atoms with Gasteiger partial charge in [-0.3, -0.25) is 4.79 Å². The average Bonchev–Trinajstić information content (AvgIpc) is 3.31. The Labute approximate surface area is 160 Å².